The molecule has 3 nitrogen and oxygen atoms in total. The molecule has 0 aliphatic heterocycles. The molecule has 1 aromatic rings. The van der Waals surface area contributed by atoms with E-state index in [1.165, 1.54) is 0 Å². The molecule has 0 heterocycles. The molecule has 0 spiro atoms. The Balaban J connectivity index is 2.79. The number of hydrogen-bond donors (Lipinski definition) is 1. The van der Waals surface area contributed by atoms with Crippen LogP contribution in [0.1, 0.15) is 5.56 Å². The van der Waals surface area contributed by atoms with Crippen LogP contribution in [-0.2, 0) is 6.42 Å². The maximum absolute atomic E-state index is 9.37. The standard InChI is InChI=1S/C10H11NO2S/c1-13-9-5-3-2-4-8(9)6-10(12)11-7-14/h2-5,10,12H,6H2,1H3. The first kappa shape index (κ1) is 10.9. The fourth-order valence-corrected chi connectivity index (χ4v) is 1.30. The molecule has 1 atom stereocenters. The van der Waals surface area contributed by atoms with Gasteiger partial charge in [-0.25, -0.2) is 4.99 Å². The maximum Gasteiger partial charge on any atom is 0.159 e. The molecule has 74 valence electrons. The number of aliphatic imine (C=N–C) groups is 1. The van der Waals surface area contributed by atoms with Gasteiger partial charge in [-0.3, -0.25) is 0 Å². The van der Waals surface area contributed by atoms with E-state index in [4.69, 9.17) is 4.74 Å². The van der Waals surface area contributed by atoms with E-state index in [9.17, 15) is 5.11 Å². The summed E-state index contributed by atoms with van der Waals surface area (Å²) in [5.41, 5.74) is 0.900. The Morgan fingerprint density at radius 2 is 2.29 bits per heavy atom. The van der Waals surface area contributed by atoms with E-state index in [1.807, 2.05) is 24.3 Å². The Kier molecular flexibility index (Phi) is 4.26. The normalized spacial score (nSPS) is 11.6. The number of para-hydroxylation sites is 1. The van der Waals surface area contributed by atoms with Gasteiger partial charge in [-0.05, 0) is 23.8 Å². The van der Waals surface area contributed by atoms with E-state index in [1.54, 1.807) is 7.11 Å². The molecule has 0 radical (unpaired) electrons. The predicted molar refractivity (Wildman–Crippen MR) is 57.7 cm³/mol. The summed E-state index contributed by atoms with van der Waals surface area (Å²) < 4.78 is 5.13. The Morgan fingerprint density at radius 3 is 2.93 bits per heavy atom. The number of isothiocyanates is 1. The number of thiocarbonyl (C=S) groups is 1. The van der Waals surface area contributed by atoms with Gasteiger partial charge in [0.1, 0.15) is 5.75 Å². The maximum atomic E-state index is 9.37. The number of nitrogens with zero attached hydrogens (tertiary/aromatic N) is 1. The second-order valence-electron chi connectivity index (χ2n) is 2.72. The van der Waals surface area contributed by atoms with Crippen molar-refractivity contribution in [1.82, 2.24) is 0 Å². The van der Waals surface area contributed by atoms with E-state index in [2.05, 4.69) is 22.4 Å². The quantitative estimate of drug-likeness (QED) is 0.605. The van der Waals surface area contributed by atoms with Crippen molar-refractivity contribution in [2.45, 2.75) is 12.6 Å². The zero-order valence-electron chi connectivity index (χ0n) is 7.80. The molecule has 1 aromatic carbocycles. The summed E-state index contributed by atoms with van der Waals surface area (Å²) in [5, 5.41) is 11.5. The van der Waals surface area contributed by atoms with E-state index >= 15 is 0 Å². The Hall–Kier alpha value is -1.22. The highest BCUT2D eigenvalue weighted by Crippen LogP contribution is 2.18. The van der Waals surface area contributed by atoms with Crippen LogP contribution in [0.4, 0.5) is 0 Å². The first-order valence-corrected chi connectivity index (χ1v) is 4.55. The molecule has 0 saturated heterocycles. The molecular formula is C10H11NO2S. The lowest BCUT2D eigenvalue weighted by Gasteiger charge is -2.08. The lowest BCUT2D eigenvalue weighted by atomic mass is 10.1. The van der Waals surface area contributed by atoms with Gasteiger partial charge < -0.3 is 9.84 Å². The number of rotatable bonds is 4. The second kappa shape index (κ2) is 5.50. The summed E-state index contributed by atoms with van der Waals surface area (Å²) in [7, 11) is 1.59. The van der Waals surface area contributed by atoms with Gasteiger partial charge in [0.15, 0.2) is 6.23 Å². The first-order valence-electron chi connectivity index (χ1n) is 4.15. The van der Waals surface area contributed by atoms with Gasteiger partial charge in [-0.1, -0.05) is 18.2 Å². The van der Waals surface area contributed by atoms with Crippen molar-refractivity contribution in [2.75, 3.05) is 7.11 Å². The van der Waals surface area contributed by atoms with Crippen molar-refractivity contribution in [3.05, 3.63) is 29.8 Å². The highest BCUT2D eigenvalue weighted by molar-refractivity contribution is 7.78. The third-order valence-corrected chi connectivity index (χ3v) is 1.90. The molecule has 1 unspecified atom stereocenters. The van der Waals surface area contributed by atoms with Gasteiger partial charge in [0.2, 0.25) is 0 Å². The number of aliphatic hydroxyl groups excluding tert-OH is 1. The minimum Gasteiger partial charge on any atom is -0.496 e. The third-order valence-electron chi connectivity index (χ3n) is 1.80. The van der Waals surface area contributed by atoms with Gasteiger partial charge >= 0.3 is 0 Å². The summed E-state index contributed by atoms with van der Waals surface area (Å²) in [6, 6.07) is 7.47. The average molecular weight is 209 g/mol. The summed E-state index contributed by atoms with van der Waals surface area (Å²) in [6.45, 7) is 0. The Labute approximate surface area is 88.1 Å². The largest absolute Gasteiger partial charge is 0.496 e. The number of hydrogen-bond acceptors (Lipinski definition) is 4. The van der Waals surface area contributed by atoms with Crippen LogP contribution in [0.2, 0.25) is 0 Å². The summed E-state index contributed by atoms with van der Waals surface area (Å²) in [4.78, 5) is 3.56. The van der Waals surface area contributed by atoms with Gasteiger partial charge in [-0.2, -0.15) is 0 Å². The van der Waals surface area contributed by atoms with E-state index in [0.717, 1.165) is 11.3 Å². The van der Waals surface area contributed by atoms with Crippen LogP contribution < -0.4 is 4.74 Å². The molecule has 0 aliphatic rings. The van der Waals surface area contributed by atoms with E-state index in [0.29, 0.717) is 6.42 Å². The van der Waals surface area contributed by atoms with Gasteiger partial charge in [-0.15, -0.1) is 0 Å². The fraction of sp³-hybridized carbons (Fsp3) is 0.300. The number of benzene rings is 1. The number of ether oxygens (including phenoxy) is 1. The third kappa shape index (κ3) is 2.92. The van der Waals surface area contributed by atoms with Gasteiger partial charge in [0.05, 0.1) is 12.3 Å². The smallest absolute Gasteiger partial charge is 0.159 e. The summed E-state index contributed by atoms with van der Waals surface area (Å²) in [6.07, 6.45) is -0.461. The zero-order chi connectivity index (χ0) is 10.4. The molecule has 0 aliphatic carbocycles. The lowest BCUT2D eigenvalue weighted by molar-refractivity contribution is 0.185. The zero-order valence-corrected chi connectivity index (χ0v) is 8.62. The molecule has 14 heavy (non-hydrogen) atoms. The molecule has 4 heteroatoms. The molecular weight excluding hydrogens is 198 g/mol. The number of aliphatic hydroxyl groups is 1. The van der Waals surface area contributed by atoms with Crippen molar-refractivity contribution >= 4 is 17.4 Å². The Morgan fingerprint density at radius 1 is 1.57 bits per heavy atom. The van der Waals surface area contributed by atoms with Crippen LogP contribution in [0, 0.1) is 0 Å². The average Bonchev–Trinajstić information content (AvgIpc) is 2.19. The molecule has 0 bridgehead atoms. The minimum absolute atomic E-state index is 0.383. The molecule has 0 amide bonds. The van der Waals surface area contributed by atoms with E-state index in [-0.39, 0.29) is 0 Å². The van der Waals surface area contributed by atoms with Crippen molar-refractivity contribution in [3.8, 4) is 5.75 Å². The molecule has 1 N–H and O–H groups in total. The highest BCUT2D eigenvalue weighted by atomic mass is 32.1. The molecule has 0 saturated carbocycles. The van der Waals surface area contributed by atoms with E-state index < -0.39 is 6.23 Å². The topological polar surface area (TPSA) is 41.8 Å². The van der Waals surface area contributed by atoms with Crippen LogP contribution in [0.3, 0.4) is 0 Å². The second-order valence-corrected chi connectivity index (χ2v) is 2.90. The SMILES string of the molecule is COc1ccccc1CC(O)N=C=S. The van der Waals surface area contributed by atoms with Crippen LogP contribution in [0.15, 0.2) is 29.3 Å². The monoisotopic (exact) mass is 209 g/mol. The minimum atomic E-state index is -0.844. The van der Waals surface area contributed by atoms with Gasteiger partial charge in [0, 0.05) is 6.42 Å². The van der Waals surface area contributed by atoms with Crippen LogP contribution >= 0.6 is 12.2 Å². The van der Waals surface area contributed by atoms with Crippen molar-refractivity contribution in [3.63, 3.8) is 0 Å². The Bertz CT molecular complexity index is 348. The lowest BCUT2D eigenvalue weighted by Crippen LogP contribution is -2.07. The highest BCUT2D eigenvalue weighted by Gasteiger charge is 2.06. The first-order chi connectivity index (χ1) is 6.77. The van der Waals surface area contributed by atoms with Gasteiger partial charge in [0.25, 0.3) is 0 Å². The van der Waals surface area contributed by atoms with Crippen molar-refractivity contribution < 1.29 is 9.84 Å². The predicted octanol–water partition coefficient (Wildman–Crippen LogP) is 1.66. The fourth-order valence-electron chi connectivity index (χ4n) is 1.17. The molecule has 0 aromatic heterocycles. The van der Waals surface area contributed by atoms with Crippen molar-refractivity contribution in [2.24, 2.45) is 4.99 Å². The van der Waals surface area contributed by atoms with Crippen LogP contribution in [-0.4, -0.2) is 23.6 Å². The summed E-state index contributed by atoms with van der Waals surface area (Å²) in [5.74, 6) is 0.742. The van der Waals surface area contributed by atoms with Crippen molar-refractivity contribution in [1.29, 1.82) is 0 Å². The molecule has 0 fully saturated rings. The number of methoxy groups -OCH3 is 1. The molecule has 1 rings (SSSR count). The van der Waals surface area contributed by atoms with Crippen LogP contribution in [0.25, 0.3) is 0 Å². The summed E-state index contributed by atoms with van der Waals surface area (Å²) >= 11 is 4.40. The van der Waals surface area contributed by atoms with Crippen LogP contribution in [0.5, 0.6) is 5.75 Å².